The number of hydrogen-bond acceptors (Lipinski definition) is 3. The van der Waals surface area contributed by atoms with Gasteiger partial charge in [-0.15, -0.1) is 0 Å². The van der Waals surface area contributed by atoms with Gasteiger partial charge in [0, 0.05) is 36.8 Å². The number of sulfonamides is 1. The van der Waals surface area contributed by atoms with Gasteiger partial charge in [0.15, 0.2) is 0 Å². The Morgan fingerprint density at radius 1 is 0.962 bits per heavy atom. The Morgan fingerprint density at radius 3 is 2.15 bits per heavy atom. The predicted octanol–water partition coefficient (Wildman–Crippen LogP) is 3.10. The molecule has 1 saturated heterocycles. The van der Waals surface area contributed by atoms with Gasteiger partial charge in [-0.05, 0) is 44.2 Å². The molecule has 0 aliphatic carbocycles. The summed E-state index contributed by atoms with van der Waals surface area (Å²) in [5.74, 6) is -0.0587. The third kappa shape index (κ3) is 3.92. The summed E-state index contributed by atoms with van der Waals surface area (Å²) < 4.78 is 26.9. The van der Waals surface area contributed by atoms with Crippen molar-refractivity contribution in [2.75, 3.05) is 26.2 Å². The molecule has 2 aromatic rings. The highest BCUT2D eigenvalue weighted by Gasteiger charge is 2.30. The molecule has 0 unspecified atom stereocenters. The van der Waals surface area contributed by atoms with Gasteiger partial charge in [0.1, 0.15) is 0 Å². The lowest BCUT2D eigenvalue weighted by Gasteiger charge is -2.34. The summed E-state index contributed by atoms with van der Waals surface area (Å²) in [7, 11) is -3.60. The molecule has 26 heavy (non-hydrogen) atoms. The van der Waals surface area contributed by atoms with Gasteiger partial charge in [0.2, 0.25) is 10.0 Å². The summed E-state index contributed by atoms with van der Waals surface area (Å²) in [4.78, 5) is 14.6. The van der Waals surface area contributed by atoms with Crippen LogP contribution in [0.15, 0.2) is 47.4 Å². The number of amides is 1. The van der Waals surface area contributed by atoms with Crippen LogP contribution in [-0.2, 0) is 10.0 Å². The van der Waals surface area contributed by atoms with Crippen molar-refractivity contribution in [2.45, 2.75) is 18.7 Å². The van der Waals surface area contributed by atoms with E-state index in [1.165, 1.54) is 16.4 Å². The zero-order chi connectivity index (χ0) is 18.9. The van der Waals surface area contributed by atoms with E-state index in [4.69, 9.17) is 11.6 Å². The lowest BCUT2D eigenvalue weighted by atomic mass is 10.1. The predicted molar refractivity (Wildman–Crippen MR) is 102 cm³/mol. The van der Waals surface area contributed by atoms with Crippen LogP contribution in [0.2, 0.25) is 5.02 Å². The minimum absolute atomic E-state index is 0.0587. The van der Waals surface area contributed by atoms with E-state index < -0.39 is 10.0 Å². The number of carbonyl (C=O) groups is 1. The van der Waals surface area contributed by atoms with E-state index >= 15 is 0 Å². The number of nitrogens with zero attached hydrogens (tertiary/aromatic N) is 2. The van der Waals surface area contributed by atoms with Crippen LogP contribution >= 0.6 is 11.6 Å². The van der Waals surface area contributed by atoms with E-state index in [1.807, 2.05) is 32.0 Å². The van der Waals surface area contributed by atoms with Gasteiger partial charge in [-0.25, -0.2) is 8.42 Å². The summed E-state index contributed by atoms with van der Waals surface area (Å²) >= 11 is 5.91. The van der Waals surface area contributed by atoms with Gasteiger partial charge in [0.25, 0.3) is 5.91 Å². The summed E-state index contributed by atoms with van der Waals surface area (Å²) in [5.41, 5.74) is 2.72. The minimum atomic E-state index is -3.60. The Kier molecular flexibility index (Phi) is 5.37. The van der Waals surface area contributed by atoms with Gasteiger partial charge in [-0.1, -0.05) is 34.9 Å². The zero-order valence-corrected chi connectivity index (χ0v) is 16.3. The minimum Gasteiger partial charge on any atom is -0.336 e. The van der Waals surface area contributed by atoms with Crippen LogP contribution in [0, 0.1) is 13.8 Å². The molecule has 0 bridgehead atoms. The van der Waals surface area contributed by atoms with Crippen molar-refractivity contribution in [2.24, 2.45) is 0 Å². The number of hydrogen-bond donors (Lipinski definition) is 0. The van der Waals surface area contributed by atoms with Gasteiger partial charge in [-0.3, -0.25) is 4.79 Å². The molecule has 7 heteroatoms. The van der Waals surface area contributed by atoms with E-state index in [1.54, 1.807) is 17.0 Å². The van der Waals surface area contributed by atoms with Crippen LogP contribution < -0.4 is 0 Å². The standard InChI is InChI=1S/C19H21ClN2O3S/c1-14-10-15(2)12-16(11-14)19(23)21-6-8-22(9-7-21)26(24,25)18-5-3-4-17(20)13-18/h3-5,10-13H,6-9H2,1-2H3. The lowest BCUT2D eigenvalue weighted by molar-refractivity contribution is 0.0697. The summed E-state index contributed by atoms with van der Waals surface area (Å²) in [5, 5.41) is 0.384. The quantitative estimate of drug-likeness (QED) is 0.806. The molecular formula is C19H21ClN2O3S. The van der Waals surface area contributed by atoms with Crippen LogP contribution in [0.25, 0.3) is 0 Å². The second-order valence-electron chi connectivity index (χ2n) is 6.53. The van der Waals surface area contributed by atoms with Crippen LogP contribution in [0.4, 0.5) is 0 Å². The number of carbonyl (C=O) groups excluding carboxylic acids is 1. The molecule has 1 heterocycles. The first-order valence-electron chi connectivity index (χ1n) is 8.41. The van der Waals surface area contributed by atoms with Crippen molar-refractivity contribution in [3.8, 4) is 0 Å². The molecule has 3 rings (SSSR count). The van der Waals surface area contributed by atoms with E-state index in [0.717, 1.165) is 11.1 Å². The Hall–Kier alpha value is -1.89. The first kappa shape index (κ1) is 18.9. The molecule has 138 valence electrons. The Labute approximate surface area is 159 Å². The van der Waals surface area contributed by atoms with Crippen LogP contribution in [0.3, 0.4) is 0 Å². The number of halogens is 1. The maximum Gasteiger partial charge on any atom is 0.253 e. The first-order chi connectivity index (χ1) is 12.3. The normalized spacial score (nSPS) is 15.9. The largest absolute Gasteiger partial charge is 0.336 e. The smallest absolute Gasteiger partial charge is 0.253 e. The van der Waals surface area contributed by atoms with E-state index in [2.05, 4.69) is 0 Å². The SMILES string of the molecule is Cc1cc(C)cc(C(=O)N2CCN(S(=O)(=O)c3cccc(Cl)c3)CC2)c1. The highest BCUT2D eigenvalue weighted by molar-refractivity contribution is 7.89. The average Bonchev–Trinajstić information content (AvgIpc) is 2.60. The highest BCUT2D eigenvalue weighted by Crippen LogP contribution is 2.21. The number of aryl methyl sites for hydroxylation is 2. The second-order valence-corrected chi connectivity index (χ2v) is 8.90. The van der Waals surface area contributed by atoms with Crippen molar-refractivity contribution in [3.05, 3.63) is 64.2 Å². The third-order valence-corrected chi connectivity index (χ3v) is 6.56. The van der Waals surface area contributed by atoms with E-state index in [-0.39, 0.29) is 23.9 Å². The second kappa shape index (κ2) is 7.39. The molecule has 0 N–H and O–H groups in total. The molecule has 0 atom stereocenters. The molecule has 1 amide bonds. The number of piperazine rings is 1. The number of benzene rings is 2. The van der Waals surface area contributed by atoms with E-state index in [9.17, 15) is 13.2 Å². The van der Waals surface area contributed by atoms with E-state index in [0.29, 0.717) is 23.7 Å². The summed E-state index contributed by atoms with van der Waals surface area (Å²) in [6, 6.07) is 12.0. The molecule has 0 aromatic heterocycles. The van der Waals surface area contributed by atoms with Crippen molar-refractivity contribution in [1.29, 1.82) is 0 Å². The molecule has 1 aliphatic heterocycles. The van der Waals surface area contributed by atoms with Gasteiger partial charge >= 0.3 is 0 Å². The van der Waals surface area contributed by atoms with Crippen molar-refractivity contribution in [1.82, 2.24) is 9.21 Å². The van der Waals surface area contributed by atoms with Crippen molar-refractivity contribution < 1.29 is 13.2 Å². The Bertz CT molecular complexity index is 915. The van der Waals surface area contributed by atoms with Crippen LogP contribution in [0.5, 0.6) is 0 Å². The highest BCUT2D eigenvalue weighted by atomic mass is 35.5. The van der Waals surface area contributed by atoms with Crippen LogP contribution in [0.1, 0.15) is 21.5 Å². The topological polar surface area (TPSA) is 57.7 Å². The average molecular weight is 393 g/mol. The molecule has 5 nitrogen and oxygen atoms in total. The molecule has 0 radical (unpaired) electrons. The lowest BCUT2D eigenvalue weighted by Crippen LogP contribution is -2.50. The van der Waals surface area contributed by atoms with Gasteiger partial charge in [-0.2, -0.15) is 4.31 Å². The first-order valence-corrected chi connectivity index (χ1v) is 10.2. The molecule has 0 saturated carbocycles. The van der Waals surface area contributed by atoms with Crippen molar-refractivity contribution in [3.63, 3.8) is 0 Å². The Balaban J connectivity index is 1.72. The fourth-order valence-corrected chi connectivity index (χ4v) is 4.91. The molecule has 1 fully saturated rings. The number of rotatable bonds is 3. The monoisotopic (exact) mass is 392 g/mol. The fraction of sp³-hybridized carbons (Fsp3) is 0.316. The maximum absolute atomic E-state index is 12.7. The third-order valence-electron chi connectivity index (χ3n) is 4.43. The maximum atomic E-state index is 12.7. The molecule has 0 spiro atoms. The molecule has 2 aromatic carbocycles. The summed E-state index contributed by atoms with van der Waals surface area (Å²) in [6.07, 6.45) is 0. The Morgan fingerprint density at radius 2 is 1.58 bits per heavy atom. The fourth-order valence-electron chi connectivity index (χ4n) is 3.19. The van der Waals surface area contributed by atoms with Gasteiger partial charge in [0.05, 0.1) is 4.90 Å². The molecular weight excluding hydrogens is 372 g/mol. The van der Waals surface area contributed by atoms with Crippen LogP contribution in [-0.4, -0.2) is 49.7 Å². The zero-order valence-electron chi connectivity index (χ0n) is 14.8. The summed E-state index contributed by atoms with van der Waals surface area (Å²) in [6.45, 7) is 5.19. The van der Waals surface area contributed by atoms with Gasteiger partial charge < -0.3 is 4.90 Å². The molecule has 1 aliphatic rings. The van der Waals surface area contributed by atoms with Crippen molar-refractivity contribution >= 4 is 27.5 Å².